The number of ether oxygens (including phenoxy) is 2. The van der Waals surface area contributed by atoms with Crippen molar-refractivity contribution in [1.82, 2.24) is 0 Å². The molecule has 144 valence electrons. The third-order valence-corrected chi connectivity index (χ3v) is 7.96. The van der Waals surface area contributed by atoms with Crippen molar-refractivity contribution in [2.45, 2.75) is 58.2 Å². The normalized spacial score (nSPS) is 41.0. The highest BCUT2D eigenvalue weighted by Gasteiger charge is 2.63. The molecule has 6 atom stereocenters. The van der Waals surface area contributed by atoms with Crippen LogP contribution < -0.4 is 0 Å². The molecule has 26 heavy (non-hydrogen) atoms. The summed E-state index contributed by atoms with van der Waals surface area (Å²) in [5, 5.41) is 0. The highest BCUT2D eigenvalue weighted by molar-refractivity contribution is 7.85. The molecule has 2 saturated carbocycles. The lowest BCUT2D eigenvalue weighted by atomic mass is 9.86. The van der Waals surface area contributed by atoms with Crippen LogP contribution in [0.2, 0.25) is 0 Å². The number of hydrogen-bond donors (Lipinski definition) is 1. The Labute approximate surface area is 152 Å². The molecule has 1 heterocycles. The number of carbonyl (C=O) groups excluding carboxylic acids is 2. The van der Waals surface area contributed by atoms with Crippen molar-refractivity contribution in [3.05, 3.63) is 11.1 Å². The molecule has 8 heteroatoms. The van der Waals surface area contributed by atoms with Gasteiger partial charge in [-0.05, 0) is 32.6 Å². The minimum absolute atomic E-state index is 0.0131. The highest BCUT2D eigenvalue weighted by Crippen LogP contribution is 2.55. The first kappa shape index (κ1) is 18.0. The molecule has 1 saturated heterocycles. The van der Waals surface area contributed by atoms with Gasteiger partial charge in [-0.3, -0.25) is 14.1 Å². The molecule has 6 unspecified atom stereocenters. The largest absolute Gasteiger partial charge is 0.458 e. The standard InChI is InChI=1S/C18H24O7S/c1-9-10(3-4-18(9,2)8-26(21,22)23)7-14(19)24-15-11-5-12-13(6-11)17(20)25-16(12)15/h11-13,15-16H,3-8H2,1-2H3,(H,21,22,23). The van der Waals surface area contributed by atoms with Gasteiger partial charge >= 0.3 is 11.9 Å². The molecular formula is C18H24O7S. The molecule has 2 bridgehead atoms. The van der Waals surface area contributed by atoms with Crippen molar-refractivity contribution in [1.29, 1.82) is 0 Å². The van der Waals surface area contributed by atoms with Crippen LogP contribution in [0.1, 0.15) is 46.0 Å². The van der Waals surface area contributed by atoms with Gasteiger partial charge in [-0.1, -0.05) is 18.1 Å². The third-order valence-electron chi connectivity index (χ3n) is 6.95. The SMILES string of the molecule is CC1=C(CC(=O)OC2C3CC4C(=O)OC2C4C3)CCC1(C)CS(=O)(=O)O. The maximum Gasteiger partial charge on any atom is 0.310 e. The topological polar surface area (TPSA) is 107 Å². The first-order valence-electron chi connectivity index (χ1n) is 9.12. The zero-order valence-corrected chi connectivity index (χ0v) is 15.8. The molecule has 0 amide bonds. The van der Waals surface area contributed by atoms with E-state index in [4.69, 9.17) is 9.47 Å². The first-order valence-corrected chi connectivity index (χ1v) is 10.7. The van der Waals surface area contributed by atoms with Crippen molar-refractivity contribution >= 4 is 22.1 Å². The molecule has 4 aliphatic rings. The summed E-state index contributed by atoms with van der Waals surface area (Å²) in [6, 6.07) is 0. The van der Waals surface area contributed by atoms with E-state index in [0.29, 0.717) is 12.8 Å². The number of allylic oxidation sites excluding steroid dienone is 1. The van der Waals surface area contributed by atoms with Gasteiger partial charge in [0.25, 0.3) is 10.1 Å². The molecule has 7 nitrogen and oxygen atoms in total. The van der Waals surface area contributed by atoms with Crippen molar-refractivity contribution in [3.8, 4) is 0 Å². The Morgan fingerprint density at radius 3 is 2.81 bits per heavy atom. The van der Waals surface area contributed by atoms with Crippen LogP contribution >= 0.6 is 0 Å². The van der Waals surface area contributed by atoms with E-state index in [1.807, 2.05) is 6.92 Å². The number of rotatable bonds is 5. The number of hydrogen-bond acceptors (Lipinski definition) is 6. The smallest absolute Gasteiger partial charge is 0.310 e. The van der Waals surface area contributed by atoms with E-state index in [1.54, 1.807) is 6.92 Å². The van der Waals surface area contributed by atoms with Gasteiger partial charge in [-0.2, -0.15) is 8.42 Å². The van der Waals surface area contributed by atoms with E-state index in [9.17, 15) is 22.6 Å². The maximum absolute atomic E-state index is 12.5. The molecule has 0 spiro atoms. The molecule has 0 aromatic heterocycles. The summed E-state index contributed by atoms with van der Waals surface area (Å²) >= 11 is 0. The van der Waals surface area contributed by atoms with Crippen LogP contribution in [0.3, 0.4) is 0 Å². The fourth-order valence-corrected chi connectivity index (χ4v) is 6.63. The minimum atomic E-state index is -4.09. The van der Waals surface area contributed by atoms with Crippen molar-refractivity contribution < 1.29 is 32.0 Å². The van der Waals surface area contributed by atoms with Crippen LogP contribution in [0.25, 0.3) is 0 Å². The average molecular weight is 384 g/mol. The number of fused-ring (bicyclic) bond motifs is 1. The second-order valence-corrected chi connectivity index (χ2v) is 10.0. The van der Waals surface area contributed by atoms with Crippen molar-refractivity contribution in [3.63, 3.8) is 0 Å². The van der Waals surface area contributed by atoms with Crippen LogP contribution in [0.15, 0.2) is 11.1 Å². The Morgan fingerprint density at radius 2 is 2.12 bits per heavy atom. The molecule has 0 aromatic carbocycles. The van der Waals surface area contributed by atoms with Gasteiger partial charge in [0.15, 0.2) is 0 Å². The second kappa shape index (κ2) is 5.79. The highest BCUT2D eigenvalue weighted by atomic mass is 32.2. The predicted molar refractivity (Wildman–Crippen MR) is 90.5 cm³/mol. The van der Waals surface area contributed by atoms with Crippen LogP contribution in [0, 0.1) is 23.2 Å². The molecule has 1 N–H and O–H groups in total. The zero-order chi connectivity index (χ0) is 18.9. The molecule has 0 radical (unpaired) electrons. The van der Waals surface area contributed by atoms with E-state index in [-0.39, 0.29) is 54.1 Å². The van der Waals surface area contributed by atoms with Gasteiger partial charge in [-0.15, -0.1) is 0 Å². The molecule has 4 rings (SSSR count). The van der Waals surface area contributed by atoms with Crippen LogP contribution in [-0.2, 0) is 29.2 Å². The molecule has 0 aromatic rings. The van der Waals surface area contributed by atoms with Crippen LogP contribution in [0.4, 0.5) is 0 Å². The van der Waals surface area contributed by atoms with Crippen molar-refractivity contribution in [2.75, 3.05) is 5.75 Å². The van der Waals surface area contributed by atoms with Gasteiger partial charge < -0.3 is 9.47 Å². The van der Waals surface area contributed by atoms with Crippen molar-refractivity contribution in [2.24, 2.45) is 23.2 Å². The lowest BCUT2D eigenvalue weighted by Gasteiger charge is -2.26. The summed E-state index contributed by atoms with van der Waals surface area (Å²) in [4.78, 5) is 24.3. The summed E-state index contributed by atoms with van der Waals surface area (Å²) in [6.07, 6.45) is 2.30. The molecule has 3 fully saturated rings. The quantitative estimate of drug-likeness (QED) is 0.438. The van der Waals surface area contributed by atoms with Crippen LogP contribution in [-0.4, -0.2) is 42.9 Å². The Bertz CT molecular complexity index is 798. The summed E-state index contributed by atoms with van der Waals surface area (Å²) in [7, 11) is -4.09. The van der Waals surface area contributed by atoms with E-state index in [2.05, 4.69) is 0 Å². The Balaban J connectivity index is 1.41. The Hall–Kier alpha value is -1.41. The minimum Gasteiger partial charge on any atom is -0.458 e. The van der Waals surface area contributed by atoms with Gasteiger partial charge in [0.05, 0.1) is 18.1 Å². The zero-order valence-electron chi connectivity index (χ0n) is 14.9. The van der Waals surface area contributed by atoms with E-state index in [0.717, 1.165) is 24.0 Å². The van der Waals surface area contributed by atoms with Gasteiger partial charge in [0, 0.05) is 17.3 Å². The second-order valence-electron chi connectivity index (χ2n) is 8.55. The van der Waals surface area contributed by atoms with E-state index >= 15 is 0 Å². The first-order chi connectivity index (χ1) is 12.1. The maximum atomic E-state index is 12.5. The van der Waals surface area contributed by atoms with E-state index < -0.39 is 15.5 Å². The fourth-order valence-electron chi connectivity index (χ4n) is 5.46. The predicted octanol–water partition coefficient (Wildman–Crippen LogP) is 1.87. The Morgan fingerprint density at radius 1 is 1.38 bits per heavy atom. The summed E-state index contributed by atoms with van der Waals surface area (Å²) < 4.78 is 42.8. The summed E-state index contributed by atoms with van der Waals surface area (Å²) in [5.41, 5.74) is 1.07. The lowest BCUT2D eigenvalue weighted by Crippen LogP contribution is -2.36. The van der Waals surface area contributed by atoms with E-state index in [1.165, 1.54) is 0 Å². The van der Waals surface area contributed by atoms with Gasteiger partial charge in [0.2, 0.25) is 0 Å². The lowest BCUT2D eigenvalue weighted by molar-refractivity contribution is -0.161. The molecule has 3 aliphatic carbocycles. The third kappa shape index (κ3) is 2.87. The van der Waals surface area contributed by atoms with Crippen LogP contribution in [0.5, 0.6) is 0 Å². The monoisotopic (exact) mass is 384 g/mol. The number of esters is 2. The molecular weight excluding hydrogens is 360 g/mol. The van der Waals surface area contributed by atoms with Gasteiger partial charge in [-0.25, -0.2) is 0 Å². The summed E-state index contributed by atoms with van der Waals surface area (Å²) in [5.74, 6) is -0.467. The molecule has 1 aliphatic heterocycles. The summed E-state index contributed by atoms with van der Waals surface area (Å²) in [6.45, 7) is 3.62. The number of carbonyl (C=O) groups is 2. The fraction of sp³-hybridized carbons (Fsp3) is 0.778. The Kier molecular flexibility index (Phi) is 4.00. The average Bonchev–Trinajstić information content (AvgIpc) is 3.19. The van der Waals surface area contributed by atoms with Gasteiger partial charge in [0.1, 0.15) is 12.2 Å².